The molecule has 0 aliphatic carbocycles. The average molecular weight is 1720 g/mol. The fraction of sp³-hybridized carbons (Fsp3) is 0.0759. The Morgan fingerprint density at radius 2 is 0.832 bits per heavy atom. The molecule has 26 nitrogen and oxygen atoms in total. The fourth-order valence-corrected chi connectivity index (χ4v) is 15.0. The smallest absolute Gasteiger partial charge is 0.350 e. The summed E-state index contributed by atoms with van der Waals surface area (Å²) in [6.07, 6.45) is 0. The van der Waals surface area contributed by atoms with Crippen molar-refractivity contribution >= 4 is 177 Å². The number of nitrogens with zero attached hydrogens (tertiary/aromatic N) is 5. The Bertz CT molecular complexity index is 6250. The highest BCUT2D eigenvalue weighted by Gasteiger charge is 2.18. The van der Waals surface area contributed by atoms with Gasteiger partial charge >= 0.3 is 17.9 Å². The number of nitrogens with two attached hydrogens (primary N) is 1. The Labute approximate surface area is 678 Å². The third kappa shape index (κ3) is 22.4. The topological polar surface area (TPSA) is 382 Å². The lowest BCUT2D eigenvalue weighted by atomic mass is 10.2. The number of anilines is 2. The van der Waals surface area contributed by atoms with Gasteiger partial charge in [-0.2, -0.15) is 0 Å². The molecule has 6 aromatic carbocycles. The van der Waals surface area contributed by atoms with Crippen LogP contribution in [0.5, 0.6) is 34.5 Å². The predicted octanol–water partition coefficient (Wildman–Crippen LogP) is 17.4. The first kappa shape index (κ1) is 82.9. The van der Waals surface area contributed by atoms with Gasteiger partial charge in [-0.05, 0) is 181 Å². The van der Waals surface area contributed by atoms with Crippen LogP contribution in [-0.2, 0) is 14.3 Å². The van der Waals surface area contributed by atoms with E-state index in [9.17, 15) is 48.6 Å². The first-order valence-corrected chi connectivity index (χ1v) is 39.2. The Morgan fingerprint density at radius 1 is 0.442 bits per heavy atom. The van der Waals surface area contributed by atoms with Gasteiger partial charge in [-0.15, -0.1) is 68.0 Å². The zero-order chi connectivity index (χ0) is 80.7. The maximum atomic E-state index is 12.1. The number of methoxy groups -OCH3 is 5. The average Bonchev–Trinajstić information content (AvgIpc) is 1.73. The number of nitrogens with one attached hydrogen (secondary N) is 4. The number of nitrogen functional groups attached to an aromatic ring is 1. The number of carbonyl (C=O) groups excluding carboxylic acids is 5. The maximum absolute atomic E-state index is 12.1. The van der Waals surface area contributed by atoms with Crippen LogP contribution in [0.25, 0.3) is 86.4 Å². The van der Waals surface area contributed by atoms with Crippen molar-refractivity contribution in [1.29, 1.82) is 0 Å². The van der Waals surface area contributed by atoms with Crippen molar-refractivity contribution < 1.29 is 62.6 Å². The van der Waals surface area contributed by atoms with Crippen LogP contribution in [0.2, 0.25) is 0 Å². The number of H-pyrrole nitrogens is 3. The minimum atomic E-state index is -0.471. The summed E-state index contributed by atoms with van der Waals surface area (Å²) in [6.45, 7) is 1.34. The monoisotopic (exact) mass is 1710 g/mol. The molecule has 0 aliphatic rings. The molecule has 10 aromatic heterocycles. The second-order valence-electron chi connectivity index (χ2n) is 22.6. The molecule has 0 radical (unpaired) electrons. The number of aromatic hydroxyl groups is 2. The van der Waals surface area contributed by atoms with Crippen LogP contribution in [0.4, 0.5) is 11.4 Å². The number of fused-ring (bicyclic) bond motifs is 4. The number of carbonyl (C=O) groups is 5. The lowest BCUT2D eigenvalue weighted by Gasteiger charge is -2.06. The molecule has 0 bridgehead atoms. The van der Waals surface area contributed by atoms with E-state index in [1.807, 2.05) is 70.1 Å². The highest BCUT2D eigenvalue weighted by Crippen LogP contribution is 2.32. The second kappa shape index (κ2) is 39.9. The molecule has 0 atom stereocenters. The van der Waals surface area contributed by atoms with Gasteiger partial charge in [0.25, 0.3) is 27.8 Å². The Hall–Kier alpha value is -12.6. The summed E-state index contributed by atoms with van der Waals surface area (Å²) >= 11 is 16.9. The quantitative estimate of drug-likeness (QED) is 0.0244. The van der Waals surface area contributed by atoms with Crippen molar-refractivity contribution in [3.05, 3.63) is 271 Å². The lowest BCUT2D eigenvalue weighted by Crippen LogP contribution is -2.14. The van der Waals surface area contributed by atoms with Gasteiger partial charge in [0.05, 0.1) is 73.7 Å². The van der Waals surface area contributed by atoms with Gasteiger partial charge in [0.2, 0.25) is 0 Å². The van der Waals surface area contributed by atoms with E-state index in [0.717, 1.165) is 37.2 Å². The van der Waals surface area contributed by atoms with Gasteiger partial charge in [-0.3, -0.25) is 28.8 Å². The zero-order valence-corrected chi connectivity index (χ0v) is 67.2. The van der Waals surface area contributed by atoms with E-state index < -0.39 is 17.2 Å². The molecule has 113 heavy (non-hydrogen) atoms. The molecule has 16 aromatic rings. The third-order valence-electron chi connectivity index (χ3n) is 15.1. The predicted molar refractivity (Wildman–Crippen MR) is 449 cm³/mol. The molecule has 0 saturated heterocycles. The molecule has 0 aliphatic heterocycles. The van der Waals surface area contributed by atoms with E-state index in [1.165, 1.54) is 92.0 Å². The van der Waals surface area contributed by atoms with E-state index in [1.54, 1.807) is 163 Å². The van der Waals surface area contributed by atoms with Crippen molar-refractivity contribution in [2.75, 3.05) is 46.6 Å². The molecule has 34 heteroatoms. The van der Waals surface area contributed by atoms with Crippen LogP contribution in [0.1, 0.15) is 47.0 Å². The Balaban J connectivity index is 0.000000141. The van der Waals surface area contributed by atoms with Crippen LogP contribution in [-0.4, -0.2) is 115 Å². The summed E-state index contributed by atoms with van der Waals surface area (Å²) in [5, 5.41) is 32.0. The first-order chi connectivity index (χ1) is 54.5. The summed E-state index contributed by atoms with van der Waals surface area (Å²) in [5.74, 6) is 3.30. The maximum Gasteiger partial charge on any atom is 0.350 e. The Kier molecular flexibility index (Phi) is 29.2. The minimum absolute atomic E-state index is 0.104. The summed E-state index contributed by atoms with van der Waals surface area (Å²) in [4.78, 5) is 123. The van der Waals surface area contributed by atoms with Gasteiger partial charge in [0, 0.05) is 40.3 Å². The van der Waals surface area contributed by atoms with Gasteiger partial charge in [-0.25, -0.2) is 34.5 Å². The molecule has 16 rings (SSSR count). The number of phenolic OH excluding ortho intramolecular Hbond substituents is 2. The first-order valence-electron chi connectivity index (χ1n) is 32.8. The number of aromatic amines is 3. The zero-order valence-electron chi connectivity index (χ0n) is 59.9. The standard InChI is InChI=1S/C14H10N2O3S.C14H13NO4S.C13H10N2O2S.C12H7BrN2OS.C12H8N2O2S.C8H7ClO2.C6H7NO2S/c1-8(17)19-10-4-2-3-9(7-10)13-15-11-5-6-20-12(11)14(18)16-13;1-18-10-5-3-4-9(8-10)13(16)15-11-6-7-20-12(11)14(17)19-2;1-17-9-4-2-3-8(7-9)12-14-10-5-6-18-11(10)13(16)15-12;13-11-10-9(4-5-17-10)14-12(15-11)7-2-1-3-8(16)6-7;15-8-3-1-2-7(6-8)11-13-9-4-5-17-10(9)12(16)14-11;1-11-7-4-2-3-6(5-7)8(9)10;1-9-6(8)5-4(7)2-3-10-5/h2-7H,1H3,(H,15,16,18);3-8H,1-2H3,(H,15,16);2-7H,1H3,(H,14,15,16);1-6,16H;1-6,15H,(H,13,14,16);2-5H,1H3;2-3H,7H2,1H3. The lowest BCUT2D eigenvalue weighted by molar-refractivity contribution is -0.131. The van der Waals surface area contributed by atoms with Crippen molar-refractivity contribution in [3.63, 3.8) is 0 Å². The molecule has 574 valence electrons. The molecule has 8 N–H and O–H groups in total. The summed E-state index contributed by atoms with van der Waals surface area (Å²) in [5.41, 5.74) is 12.8. The number of aromatic nitrogens is 8. The number of amides is 1. The van der Waals surface area contributed by atoms with E-state index in [4.69, 9.17) is 36.3 Å². The molecular weight excluding hydrogens is 1650 g/mol. The SMILES string of the molecule is CC(=O)Oc1cccc(-c2nc3ccsc3c(=O)[nH]2)c1.COC(=O)c1sccc1N.COC(=O)c1sccc1NC(=O)c1cccc(OC)c1.COc1cccc(-c2nc3ccsc3c(=O)[nH]2)c1.COc1cccc(C(=O)Cl)c1.O=c1[nH]c(-c2cccc(O)c2)nc2ccsc12.Oc1cccc(-c2nc(Br)c3sccc3n2)c1. The normalized spacial score (nSPS) is 10.3. The van der Waals surface area contributed by atoms with Gasteiger partial charge in [0.15, 0.2) is 5.82 Å². The molecule has 0 fully saturated rings. The van der Waals surface area contributed by atoms with Crippen LogP contribution >= 0.6 is 95.6 Å². The molecule has 1 amide bonds. The molecule has 0 saturated carbocycles. The number of rotatable bonds is 13. The van der Waals surface area contributed by atoms with E-state index >= 15 is 0 Å². The fourth-order valence-electron chi connectivity index (χ4n) is 9.87. The highest BCUT2D eigenvalue weighted by molar-refractivity contribution is 9.10. The van der Waals surface area contributed by atoms with Crippen LogP contribution in [0.3, 0.4) is 0 Å². The summed E-state index contributed by atoms with van der Waals surface area (Å²) in [6, 6.07) is 52.1. The summed E-state index contributed by atoms with van der Waals surface area (Å²) < 4.78 is 33.0. The van der Waals surface area contributed by atoms with Crippen LogP contribution in [0.15, 0.2) is 233 Å². The van der Waals surface area contributed by atoms with Gasteiger partial charge in [-0.1, -0.05) is 60.7 Å². The number of esters is 3. The van der Waals surface area contributed by atoms with Crippen molar-refractivity contribution in [1.82, 2.24) is 39.9 Å². The van der Waals surface area contributed by atoms with E-state index in [2.05, 4.69) is 70.6 Å². The van der Waals surface area contributed by atoms with Crippen LogP contribution < -0.4 is 46.7 Å². The number of halogens is 2. The molecule has 10 heterocycles. The third-order valence-corrected chi connectivity index (χ3v) is 21.6. The number of ether oxygens (including phenoxy) is 6. The van der Waals surface area contributed by atoms with Crippen molar-refractivity contribution in [2.24, 2.45) is 0 Å². The Morgan fingerprint density at radius 3 is 1.30 bits per heavy atom. The second-order valence-corrected chi connectivity index (χ2v) is 29.2. The van der Waals surface area contributed by atoms with E-state index in [0.29, 0.717) is 109 Å². The number of thiophene rings is 6. The number of hydrogen-bond acceptors (Lipinski definition) is 28. The van der Waals surface area contributed by atoms with Crippen LogP contribution in [0, 0.1) is 0 Å². The minimum Gasteiger partial charge on any atom is -0.508 e. The van der Waals surface area contributed by atoms with Crippen molar-refractivity contribution in [2.45, 2.75) is 6.92 Å². The molecular formula is C79H62BrClN10O16S6. The summed E-state index contributed by atoms with van der Waals surface area (Å²) in [7, 11) is 7.32. The van der Waals surface area contributed by atoms with E-state index in [-0.39, 0.29) is 40.1 Å². The molecule has 0 spiro atoms. The van der Waals surface area contributed by atoms with Gasteiger partial charge < -0.3 is 64.6 Å². The number of benzene rings is 6. The number of hydrogen-bond donors (Lipinski definition) is 7. The molecule has 0 unspecified atom stereocenters. The highest BCUT2D eigenvalue weighted by atomic mass is 79.9. The number of phenols is 2. The van der Waals surface area contributed by atoms with Gasteiger partial charge in [0.1, 0.15) is 80.4 Å². The largest absolute Gasteiger partial charge is 0.508 e. The van der Waals surface area contributed by atoms with Crippen molar-refractivity contribution in [3.8, 4) is 80.0 Å².